The van der Waals surface area contributed by atoms with E-state index in [0.29, 0.717) is 11.3 Å². The minimum absolute atomic E-state index is 0.0572. The Morgan fingerprint density at radius 2 is 2.00 bits per heavy atom. The highest BCUT2D eigenvalue weighted by Gasteiger charge is 2.04. The van der Waals surface area contributed by atoms with Crippen molar-refractivity contribution in [3.05, 3.63) is 59.7 Å². The van der Waals surface area contributed by atoms with Crippen molar-refractivity contribution in [3.63, 3.8) is 0 Å². The van der Waals surface area contributed by atoms with Gasteiger partial charge in [-0.05, 0) is 53.9 Å². The number of carbonyl (C=O) groups excluding carboxylic acids is 1. The minimum Gasteiger partial charge on any atom is -0.435 e. The first kappa shape index (κ1) is 18.4. The third-order valence-electron chi connectivity index (χ3n) is 3.20. The van der Waals surface area contributed by atoms with Gasteiger partial charge >= 0.3 is 6.61 Å². The number of amides is 1. The van der Waals surface area contributed by atoms with Crippen LogP contribution in [0.25, 0.3) is 0 Å². The molecule has 0 atom stereocenters. The van der Waals surface area contributed by atoms with Gasteiger partial charge in [0, 0.05) is 5.69 Å². The maximum absolute atomic E-state index is 12.0. The van der Waals surface area contributed by atoms with E-state index in [0.717, 1.165) is 12.0 Å². The van der Waals surface area contributed by atoms with E-state index in [1.54, 1.807) is 18.2 Å². The average Bonchev–Trinajstić information content (AvgIpc) is 2.60. The minimum atomic E-state index is -2.86. The Morgan fingerprint density at radius 3 is 2.68 bits per heavy atom. The second-order valence-electron chi connectivity index (χ2n) is 5.06. The maximum Gasteiger partial charge on any atom is 0.387 e. The Kier molecular flexibility index (Phi) is 6.88. The Hall–Kier alpha value is -2.96. The van der Waals surface area contributed by atoms with E-state index in [1.807, 2.05) is 25.1 Å². The maximum atomic E-state index is 12.0. The molecule has 0 saturated carbocycles. The van der Waals surface area contributed by atoms with Crippen molar-refractivity contribution in [1.82, 2.24) is 0 Å². The summed E-state index contributed by atoms with van der Waals surface area (Å²) in [5.74, 6) is -0.271. The fraction of sp³-hybridized carbons (Fsp3) is 0.222. The van der Waals surface area contributed by atoms with Crippen LogP contribution in [0.1, 0.15) is 18.1 Å². The number of benzene rings is 2. The Labute approximate surface area is 144 Å². The molecule has 0 aromatic heterocycles. The zero-order chi connectivity index (χ0) is 18.1. The molecule has 132 valence electrons. The highest BCUT2D eigenvalue weighted by molar-refractivity contribution is 5.91. The van der Waals surface area contributed by atoms with Crippen LogP contribution in [-0.4, -0.2) is 25.3 Å². The van der Waals surface area contributed by atoms with Crippen molar-refractivity contribution in [2.45, 2.75) is 20.0 Å². The number of aryl methyl sites for hydroxylation is 1. The summed E-state index contributed by atoms with van der Waals surface area (Å²) in [6.07, 6.45) is 2.25. The van der Waals surface area contributed by atoms with Crippen molar-refractivity contribution >= 4 is 17.8 Å². The number of nitrogens with one attached hydrogen (secondary N) is 1. The Morgan fingerprint density at radius 1 is 1.24 bits per heavy atom. The van der Waals surface area contributed by atoms with E-state index < -0.39 is 6.61 Å². The molecule has 0 unspecified atom stereocenters. The van der Waals surface area contributed by atoms with Crippen molar-refractivity contribution in [3.8, 4) is 5.75 Å². The van der Waals surface area contributed by atoms with Crippen molar-refractivity contribution in [2.24, 2.45) is 5.16 Å². The highest BCUT2D eigenvalue weighted by Crippen LogP contribution is 2.14. The van der Waals surface area contributed by atoms with Gasteiger partial charge in [-0.15, -0.1) is 0 Å². The van der Waals surface area contributed by atoms with Crippen LogP contribution in [0.4, 0.5) is 14.5 Å². The van der Waals surface area contributed by atoms with E-state index in [2.05, 4.69) is 15.2 Å². The van der Waals surface area contributed by atoms with E-state index in [9.17, 15) is 13.6 Å². The van der Waals surface area contributed by atoms with Gasteiger partial charge in [-0.2, -0.15) is 8.78 Å². The molecule has 2 aromatic carbocycles. The van der Waals surface area contributed by atoms with Crippen molar-refractivity contribution in [2.75, 3.05) is 11.9 Å². The standard InChI is InChI=1S/C18H18F2N2O3/c1-2-13-4-3-5-15(10-13)22-17(23)12-24-21-11-14-6-8-16(9-7-14)25-18(19)20/h3-11,18H,2,12H2,1H3,(H,22,23)/b21-11-. The van der Waals surface area contributed by atoms with Crippen molar-refractivity contribution < 1.29 is 23.1 Å². The van der Waals surface area contributed by atoms with Gasteiger partial charge in [0.1, 0.15) is 5.75 Å². The number of halogens is 2. The lowest BCUT2D eigenvalue weighted by molar-refractivity contribution is -0.120. The van der Waals surface area contributed by atoms with Crippen LogP contribution in [-0.2, 0) is 16.1 Å². The molecule has 1 amide bonds. The number of hydrogen-bond acceptors (Lipinski definition) is 4. The van der Waals surface area contributed by atoms with Gasteiger partial charge < -0.3 is 14.9 Å². The molecule has 7 heteroatoms. The SMILES string of the molecule is CCc1cccc(NC(=O)CO/N=C\c2ccc(OC(F)F)cc2)c1. The Balaban J connectivity index is 1.77. The zero-order valence-corrected chi connectivity index (χ0v) is 13.6. The number of ether oxygens (including phenoxy) is 1. The summed E-state index contributed by atoms with van der Waals surface area (Å²) in [5.41, 5.74) is 2.44. The largest absolute Gasteiger partial charge is 0.435 e. The molecule has 0 aliphatic carbocycles. The molecular weight excluding hydrogens is 330 g/mol. The number of oxime groups is 1. The highest BCUT2D eigenvalue weighted by atomic mass is 19.3. The van der Waals surface area contributed by atoms with Crippen LogP contribution in [0, 0.1) is 0 Å². The van der Waals surface area contributed by atoms with Gasteiger partial charge in [-0.1, -0.05) is 24.2 Å². The van der Waals surface area contributed by atoms with Crippen molar-refractivity contribution in [1.29, 1.82) is 0 Å². The molecule has 0 spiro atoms. The molecule has 25 heavy (non-hydrogen) atoms. The molecule has 2 rings (SSSR count). The van der Waals surface area contributed by atoms with Gasteiger partial charge in [0.05, 0.1) is 6.21 Å². The third-order valence-corrected chi connectivity index (χ3v) is 3.20. The molecule has 0 saturated heterocycles. The predicted octanol–water partition coefficient (Wildman–Crippen LogP) is 3.84. The molecule has 0 aliphatic rings. The second kappa shape index (κ2) is 9.36. The summed E-state index contributed by atoms with van der Waals surface area (Å²) in [7, 11) is 0. The van der Waals surface area contributed by atoms with Crippen LogP contribution in [0.3, 0.4) is 0 Å². The lowest BCUT2D eigenvalue weighted by atomic mass is 10.1. The molecule has 0 heterocycles. The van der Waals surface area contributed by atoms with Gasteiger partial charge in [0.2, 0.25) is 0 Å². The van der Waals surface area contributed by atoms with E-state index >= 15 is 0 Å². The van der Waals surface area contributed by atoms with Crippen LogP contribution in [0.15, 0.2) is 53.7 Å². The van der Waals surface area contributed by atoms with Crippen LogP contribution in [0.2, 0.25) is 0 Å². The van der Waals surface area contributed by atoms with E-state index in [-0.39, 0.29) is 18.3 Å². The molecule has 1 N–H and O–H groups in total. The fourth-order valence-electron chi connectivity index (χ4n) is 2.00. The van der Waals surface area contributed by atoms with Crippen LogP contribution in [0.5, 0.6) is 5.75 Å². The monoisotopic (exact) mass is 348 g/mol. The zero-order valence-electron chi connectivity index (χ0n) is 13.6. The number of hydrogen-bond donors (Lipinski definition) is 1. The normalized spacial score (nSPS) is 10.9. The first-order valence-corrected chi connectivity index (χ1v) is 7.66. The van der Waals surface area contributed by atoms with Crippen LogP contribution < -0.4 is 10.1 Å². The van der Waals surface area contributed by atoms with Gasteiger partial charge in [0.15, 0.2) is 6.61 Å². The summed E-state index contributed by atoms with van der Waals surface area (Å²) in [4.78, 5) is 16.7. The van der Waals surface area contributed by atoms with E-state index in [4.69, 9.17) is 4.84 Å². The second-order valence-corrected chi connectivity index (χ2v) is 5.06. The van der Waals surface area contributed by atoms with Gasteiger partial charge in [-0.25, -0.2) is 0 Å². The van der Waals surface area contributed by atoms with Gasteiger partial charge in [-0.3, -0.25) is 4.79 Å². The summed E-state index contributed by atoms with van der Waals surface area (Å²) >= 11 is 0. The number of carbonyl (C=O) groups is 1. The lowest BCUT2D eigenvalue weighted by Gasteiger charge is -2.06. The average molecular weight is 348 g/mol. The summed E-state index contributed by atoms with van der Waals surface area (Å²) in [6.45, 7) is -1.07. The Bertz CT molecular complexity index is 719. The summed E-state index contributed by atoms with van der Waals surface area (Å²) < 4.78 is 28.3. The smallest absolute Gasteiger partial charge is 0.387 e. The number of anilines is 1. The third kappa shape index (κ3) is 6.58. The number of nitrogens with zero attached hydrogens (tertiary/aromatic N) is 1. The van der Waals surface area contributed by atoms with E-state index in [1.165, 1.54) is 18.3 Å². The molecule has 0 radical (unpaired) electrons. The summed E-state index contributed by atoms with van der Waals surface area (Å²) in [5, 5.41) is 6.39. The van der Waals surface area contributed by atoms with Crippen LogP contribution >= 0.6 is 0 Å². The number of alkyl halides is 2. The first-order chi connectivity index (χ1) is 12.1. The molecule has 0 aliphatic heterocycles. The molecule has 5 nitrogen and oxygen atoms in total. The first-order valence-electron chi connectivity index (χ1n) is 7.66. The summed E-state index contributed by atoms with van der Waals surface area (Å²) in [6, 6.07) is 13.4. The quantitative estimate of drug-likeness (QED) is 0.582. The van der Waals surface area contributed by atoms with Gasteiger partial charge in [0.25, 0.3) is 5.91 Å². The fourth-order valence-corrected chi connectivity index (χ4v) is 2.00. The predicted molar refractivity (Wildman–Crippen MR) is 91.1 cm³/mol. The number of rotatable bonds is 8. The molecular formula is C18H18F2N2O3. The molecule has 0 bridgehead atoms. The molecule has 2 aromatic rings. The topological polar surface area (TPSA) is 59.9 Å². The lowest BCUT2D eigenvalue weighted by Crippen LogP contribution is -2.17. The molecule has 0 fully saturated rings.